The van der Waals surface area contributed by atoms with Crippen LogP contribution in [0.25, 0.3) is 5.82 Å². The van der Waals surface area contributed by atoms with Crippen LogP contribution in [0.15, 0.2) is 24.7 Å². The maximum Gasteiger partial charge on any atom is 0.156 e. The standard InChI is InChI=1S/C16H23ClN4/c1-5-6-14-18-7-8-21(14)15-13(17)9-12(10-19-15)11-20-16(2,3)4/h7-10,20H,5-6,11H2,1-4H3. The molecule has 2 rings (SSSR count). The van der Waals surface area contributed by atoms with Crippen molar-refractivity contribution in [1.82, 2.24) is 19.9 Å². The van der Waals surface area contributed by atoms with Gasteiger partial charge in [-0.2, -0.15) is 0 Å². The molecule has 0 saturated carbocycles. The Kier molecular flexibility index (Phi) is 5.01. The predicted molar refractivity (Wildman–Crippen MR) is 87.0 cm³/mol. The molecule has 0 unspecified atom stereocenters. The normalized spacial score (nSPS) is 11.9. The molecule has 0 aliphatic heterocycles. The summed E-state index contributed by atoms with van der Waals surface area (Å²) in [5.74, 6) is 1.74. The Hall–Kier alpha value is -1.39. The first kappa shape index (κ1) is 16.0. The average Bonchev–Trinajstić information content (AvgIpc) is 2.84. The summed E-state index contributed by atoms with van der Waals surface area (Å²) in [4.78, 5) is 8.88. The summed E-state index contributed by atoms with van der Waals surface area (Å²) >= 11 is 6.40. The first-order chi connectivity index (χ1) is 9.90. The second kappa shape index (κ2) is 6.58. The Morgan fingerprint density at radius 2 is 2.05 bits per heavy atom. The van der Waals surface area contributed by atoms with Gasteiger partial charge in [0.15, 0.2) is 5.82 Å². The van der Waals surface area contributed by atoms with Crippen molar-refractivity contribution in [3.63, 3.8) is 0 Å². The molecule has 0 amide bonds. The molecular formula is C16H23ClN4. The van der Waals surface area contributed by atoms with E-state index in [9.17, 15) is 0 Å². The minimum Gasteiger partial charge on any atom is -0.308 e. The number of aromatic nitrogens is 3. The number of halogens is 1. The van der Waals surface area contributed by atoms with Crippen LogP contribution in [0.5, 0.6) is 0 Å². The van der Waals surface area contributed by atoms with Crippen LogP contribution < -0.4 is 5.32 Å². The minimum absolute atomic E-state index is 0.0732. The number of imidazole rings is 1. The van der Waals surface area contributed by atoms with Gasteiger partial charge in [-0.25, -0.2) is 9.97 Å². The van der Waals surface area contributed by atoms with Crippen LogP contribution in [0.1, 0.15) is 45.5 Å². The zero-order chi connectivity index (χ0) is 15.5. The molecule has 5 heteroatoms. The fourth-order valence-electron chi connectivity index (χ4n) is 2.05. The number of rotatable bonds is 5. The predicted octanol–water partition coefficient (Wildman–Crippen LogP) is 3.76. The zero-order valence-electron chi connectivity index (χ0n) is 13.2. The summed E-state index contributed by atoms with van der Waals surface area (Å²) in [6.07, 6.45) is 7.53. The zero-order valence-corrected chi connectivity index (χ0v) is 13.9. The topological polar surface area (TPSA) is 42.7 Å². The van der Waals surface area contributed by atoms with Crippen LogP contribution in [0.4, 0.5) is 0 Å². The van der Waals surface area contributed by atoms with Crippen LogP contribution in [-0.2, 0) is 13.0 Å². The Morgan fingerprint density at radius 3 is 2.67 bits per heavy atom. The third-order valence-electron chi connectivity index (χ3n) is 3.12. The number of aryl methyl sites for hydroxylation is 1. The van der Waals surface area contributed by atoms with Crippen molar-refractivity contribution in [3.05, 3.63) is 41.1 Å². The van der Waals surface area contributed by atoms with Crippen molar-refractivity contribution in [1.29, 1.82) is 0 Å². The molecular weight excluding hydrogens is 284 g/mol. The average molecular weight is 307 g/mol. The fourth-order valence-corrected chi connectivity index (χ4v) is 2.33. The van der Waals surface area contributed by atoms with Gasteiger partial charge in [0.2, 0.25) is 0 Å². The molecule has 0 spiro atoms. The van der Waals surface area contributed by atoms with Crippen LogP contribution in [0, 0.1) is 0 Å². The first-order valence-corrected chi connectivity index (χ1v) is 7.70. The van der Waals surface area contributed by atoms with Crippen molar-refractivity contribution >= 4 is 11.6 Å². The second-order valence-electron chi connectivity index (χ2n) is 6.22. The smallest absolute Gasteiger partial charge is 0.156 e. The molecule has 0 aromatic carbocycles. The van der Waals surface area contributed by atoms with E-state index in [0.717, 1.165) is 36.6 Å². The van der Waals surface area contributed by atoms with Gasteiger partial charge in [0.05, 0.1) is 5.02 Å². The van der Waals surface area contributed by atoms with Crippen molar-refractivity contribution in [2.24, 2.45) is 0 Å². The molecule has 2 heterocycles. The highest BCUT2D eigenvalue weighted by atomic mass is 35.5. The third kappa shape index (κ3) is 4.29. The molecule has 2 aromatic heterocycles. The lowest BCUT2D eigenvalue weighted by Gasteiger charge is -2.20. The van der Waals surface area contributed by atoms with E-state index in [4.69, 9.17) is 11.6 Å². The lowest BCUT2D eigenvalue weighted by molar-refractivity contribution is 0.424. The number of pyridine rings is 1. The van der Waals surface area contributed by atoms with E-state index in [1.165, 1.54) is 0 Å². The summed E-state index contributed by atoms with van der Waals surface area (Å²) in [6.45, 7) is 9.30. The van der Waals surface area contributed by atoms with E-state index in [2.05, 4.69) is 43.0 Å². The summed E-state index contributed by atoms with van der Waals surface area (Å²) in [5.41, 5.74) is 1.15. The number of nitrogens with one attached hydrogen (secondary N) is 1. The lowest BCUT2D eigenvalue weighted by Crippen LogP contribution is -2.35. The summed E-state index contributed by atoms with van der Waals surface area (Å²) in [5, 5.41) is 4.08. The third-order valence-corrected chi connectivity index (χ3v) is 3.40. The molecule has 0 saturated heterocycles. The van der Waals surface area contributed by atoms with Crippen LogP contribution in [0.2, 0.25) is 5.02 Å². The van der Waals surface area contributed by atoms with Gasteiger partial charge < -0.3 is 5.32 Å². The maximum absolute atomic E-state index is 6.40. The van der Waals surface area contributed by atoms with Crippen LogP contribution in [0.3, 0.4) is 0 Å². The highest BCUT2D eigenvalue weighted by Crippen LogP contribution is 2.21. The molecule has 0 fully saturated rings. The van der Waals surface area contributed by atoms with E-state index in [0.29, 0.717) is 5.02 Å². The van der Waals surface area contributed by atoms with E-state index in [1.54, 1.807) is 6.20 Å². The molecule has 0 aliphatic rings. The van der Waals surface area contributed by atoms with Crippen LogP contribution >= 0.6 is 11.6 Å². The van der Waals surface area contributed by atoms with E-state index in [1.807, 2.05) is 23.0 Å². The SMILES string of the molecule is CCCc1nccn1-c1ncc(CNC(C)(C)C)cc1Cl. The molecule has 2 aromatic rings. The summed E-state index contributed by atoms with van der Waals surface area (Å²) in [7, 11) is 0. The summed E-state index contributed by atoms with van der Waals surface area (Å²) in [6, 6.07) is 1.97. The molecule has 21 heavy (non-hydrogen) atoms. The van der Waals surface area contributed by atoms with Gasteiger partial charge in [0, 0.05) is 37.1 Å². The van der Waals surface area contributed by atoms with Crippen molar-refractivity contribution in [2.75, 3.05) is 0 Å². The monoisotopic (exact) mass is 306 g/mol. The van der Waals surface area contributed by atoms with Gasteiger partial charge in [-0.3, -0.25) is 4.57 Å². The van der Waals surface area contributed by atoms with Gasteiger partial charge in [-0.05, 0) is 38.8 Å². The van der Waals surface area contributed by atoms with E-state index >= 15 is 0 Å². The Morgan fingerprint density at radius 1 is 1.29 bits per heavy atom. The molecule has 114 valence electrons. The van der Waals surface area contributed by atoms with E-state index < -0.39 is 0 Å². The second-order valence-corrected chi connectivity index (χ2v) is 6.62. The molecule has 0 bridgehead atoms. The van der Waals surface area contributed by atoms with Gasteiger partial charge in [0.1, 0.15) is 5.82 Å². The molecule has 1 N–H and O–H groups in total. The van der Waals surface area contributed by atoms with Gasteiger partial charge >= 0.3 is 0 Å². The number of hydrogen-bond acceptors (Lipinski definition) is 3. The van der Waals surface area contributed by atoms with E-state index in [-0.39, 0.29) is 5.54 Å². The Labute approximate surface area is 131 Å². The largest absolute Gasteiger partial charge is 0.308 e. The molecule has 0 atom stereocenters. The van der Waals surface area contributed by atoms with Crippen molar-refractivity contribution in [2.45, 2.75) is 52.6 Å². The molecule has 0 aliphatic carbocycles. The minimum atomic E-state index is 0.0732. The summed E-state index contributed by atoms with van der Waals surface area (Å²) < 4.78 is 1.97. The fraction of sp³-hybridized carbons (Fsp3) is 0.500. The number of hydrogen-bond donors (Lipinski definition) is 1. The Bertz CT molecular complexity index is 599. The highest BCUT2D eigenvalue weighted by molar-refractivity contribution is 6.32. The Balaban J connectivity index is 2.21. The molecule has 4 nitrogen and oxygen atoms in total. The number of nitrogens with zero attached hydrogens (tertiary/aromatic N) is 3. The lowest BCUT2D eigenvalue weighted by atomic mass is 10.1. The highest BCUT2D eigenvalue weighted by Gasteiger charge is 2.12. The first-order valence-electron chi connectivity index (χ1n) is 7.33. The van der Waals surface area contributed by atoms with Gasteiger partial charge in [0.25, 0.3) is 0 Å². The van der Waals surface area contributed by atoms with Crippen LogP contribution in [-0.4, -0.2) is 20.1 Å². The van der Waals surface area contributed by atoms with Crippen molar-refractivity contribution in [3.8, 4) is 5.82 Å². The quantitative estimate of drug-likeness (QED) is 0.914. The van der Waals surface area contributed by atoms with Gasteiger partial charge in [-0.1, -0.05) is 18.5 Å². The van der Waals surface area contributed by atoms with Crippen molar-refractivity contribution < 1.29 is 0 Å². The maximum atomic E-state index is 6.40. The van der Waals surface area contributed by atoms with Gasteiger partial charge in [-0.15, -0.1) is 0 Å². The molecule has 0 radical (unpaired) electrons.